The van der Waals surface area contributed by atoms with Gasteiger partial charge in [0.25, 0.3) is 0 Å². The first-order chi connectivity index (χ1) is 11.2. The Bertz CT molecular complexity index is 694. The topological polar surface area (TPSA) is 42.2 Å². The molecule has 0 saturated heterocycles. The highest BCUT2D eigenvalue weighted by atomic mass is 19.1. The SMILES string of the molecule is CCc1cccc(OCCC(C#N)c2cc(F)ccc2OC)c1. The first-order valence-corrected chi connectivity index (χ1v) is 7.62. The van der Waals surface area contributed by atoms with Gasteiger partial charge in [-0.25, -0.2) is 4.39 Å². The van der Waals surface area contributed by atoms with Crippen molar-refractivity contribution in [3.05, 3.63) is 59.4 Å². The van der Waals surface area contributed by atoms with E-state index in [-0.39, 0.29) is 5.82 Å². The highest BCUT2D eigenvalue weighted by molar-refractivity contribution is 5.39. The van der Waals surface area contributed by atoms with E-state index < -0.39 is 5.92 Å². The predicted octanol–water partition coefficient (Wildman–Crippen LogP) is 4.47. The Kier molecular flexibility index (Phi) is 5.99. The maximum atomic E-state index is 13.5. The molecule has 120 valence electrons. The quantitative estimate of drug-likeness (QED) is 0.757. The predicted molar refractivity (Wildman–Crippen MR) is 87.2 cm³/mol. The smallest absolute Gasteiger partial charge is 0.123 e. The van der Waals surface area contributed by atoms with Gasteiger partial charge in [0.05, 0.1) is 25.7 Å². The minimum absolute atomic E-state index is 0.377. The van der Waals surface area contributed by atoms with Gasteiger partial charge < -0.3 is 9.47 Å². The molecule has 0 aromatic heterocycles. The van der Waals surface area contributed by atoms with Crippen LogP contribution in [0.2, 0.25) is 0 Å². The van der Waals surface area contributed by atoms with E-state index in [0.29, 0.717) is 24.3 Å². The molecule has 0 N–H and O–H groups in total. The number of nitrogens with zero attached hydrogens (tertiary/aromatic N) is 1. The first kappa shape index (κ1) is 16.8. The van der Waals surface area contributed by atoms with Gasteiger partial charge in [-0.3, -0.25) is 0 Å². The average Bonchev–Trinajstić information content (AvgIpc) is 2.59. The van der Waals surface area contributed by atoms with Crippen LogP contribution >= 0.6 is 0 Å². The molecular formula is C19H20FNO2. The van der Waals surface area contributed by atoms with E-state index in [2.05, 4.69) is 13.0 Å². The number of hydrogen-bond donors (Lipinski definition) is 0. The van der Waals surface area contributed by atoms with E-state index in [0.717, 1.165) is 12.2 Å². The molecular weight excluding hydrogens is 293 g/mol. The first-order valence-electron chi connectivity index (χ1n) is 7.62. The monoisotopic (exact) mass is 313 g/mol. The van der Waals surface area contributed by atoms with E-state index in [4.69, 9.17) is 9.47 Å². The Labute approximate surface area is 136 Å². The second-order valence-corrected chi connectivity index (χ2v) is 5.21. The van der Waals surface area contributed by atoms with Crippen LogP contribution in [-0.4, -0.2) is 13.7 Å². The summed E-state index contributed by atoms with van der Waals surface area (Å²) in [7, 11) is 1.51. The van der Waals surface area contributed by atoms with Crippen molar-refractivity contribution in [2.45, 2.75) is 25.7 Å². The van der Waals surface area contributed by atoms with Crippen molar-refractivity contribution >= 4 is 0 Å². The maximum Gasteiger partial charge on any atom is 0.123 e. The highest BCUT2D eigenvalue weighted by Crippen LogP contribution is 2.29. The van der Waals surface area contributed by atoms with Gasteiger partial charge in [0.15, 0.2) is 0 Å². The maximum absolute atomic E-state index is 13.5. The molecule has 0 aliphatic rings. The molecule has 0 aliphatic heterocycles. The van der Waals surface area contributed by atoms with Crippen LogP contribution in [0.5, 0.6) is 11.5 Å². The van der Waals surface area contributed by atoms with Crippen LogP contribution in [0.1, 0.15) is 30.4 Å². The number of halogens is 1. The van der Waals surface area contributed by atoms with Crippen molar-refractivity contribution in [1.82, 2.24) is 0 Å². The van der Waals surface area contributed by atoms with Crippen molar-refractivity contribution in [1.29, 1.82) is 5.26 Å². The van der Waals surface area contributed by atoms with Crippen molar-refractivity contribution in [3.63, 3.8) is 0 Å². The average molecular weight is 313 g/mol. The van der Waals surface area contributed by atoms with Gasteiger partial charge in [0, 0.05) is 12.0 Å². The molecule has 2 aromatic rings. The van der Waals surface area contributed by atoms with Crippen molar-refractivity contribution in [2.24, 2.45) is 0 Å². The summed E-state index contributed by atoms with van der Waals surface area (Å²) in [6.07, 6.45) is 1.41. The number of benzene rings is 2. The van der Waals surface area contributed by atoms with Crippen LogP contribution in [0.25, 0.3) is 0 Å². The van der Waals surface area contributed by atoms with E-state index >= 15 is 0 Å². The Morgan fingerprint density at radius 1 is 1.22 bits per heavy atom. The molecule has 1 unspecified atom stereocenters. The number of ether oxygens (including phenoxy) is 2. The summed E-state index contributed by atoms with van der Waals surface area (Å²) in [5.74, 6) is 0.450. The molecule has 3 nitrogen and oxygen atoms in total. The zero-order valence-corrected chi connectivity index (χ0v) is 13.4. The van der Waals surface area contributed by atoms with Crippen LogP contribution in [0.4, 0.5) is 4.39 Å². The molecule has 0 bridgehead atoms. The van der Waals surface area contributed by atoms with Crippen molar-refractivity contribution in [2.75, 3.05) is 13.7 Å². The van der Waals surface area contributed by atoms with Crippen LogP contribution in [0.15, 0.2) is 42.5 Å². The summed E-state index contributed by atoms with van der Waals surface area (Å²) in [5.41, 5.74) is 1.76. The largest absolute Gasteiger partial charge is 0.496 e. The van der Waals surface area contributed by atoms with Gasteiger partial charge in [-0.15, -0.1) is 0 Å². The van der Waals surface area contributed by atoms with Crippen LogP contribution < -0.4 is 9.47 Å². The second-order valence-electron chi connectivity index (χ2n) is 5.21. The van der Waals surface area contributed by atoms with Crippen LogP contribution in [0.3, 0.4) is 0 Å². The number of rotatable bonds is 7. The van der Waals surface area contributed by atoms with Crippen molar-refractivity contribution in [3.8, 4) is 17.6 Å². The number of nitriles is 1. The molecule has 2 aromatic carbocycles. The third-order valence-corrected chi connectivity index (χ3v) is 3.70. The fourth-order valence-corrected chi connectivity index (χ4v) is 2.42. The molecule has 0 spiro atoms. The minimum Gasteiger partial charge on any atom is -0.496 e. The summed E-state index contributed by atoms with van der Waals surface area (Å²) < 4.78 is 24.4. The Morgan fingerprint density at radius 2 is 2.04 bits per heavy atom. The second kappa shape index (κ2) is 8.19. The zero-order chi connectivity index (χ0) is 16.7. The summed E-state index contributed by atoms with van der Waals surface area (Å²) in [4.78, 5) is 0. The normalized spacial score (nSPS) is 11.6. The number of hydrogen-bond acceptors (Lipinski definition) is 3. The fourth-order valence-electron chi connectivity index (χ4n) is 2.42. The Balaban J connectivity index is 2.03. The van der Waals surface area contributed by atoms with E-state index in [1.54, 1.807) is 6.07 Å². The lowest BCUT2D eigenvalue weighted by atomic mass is 9.96. The third kappa shape index (κ3) is 4.46. The van der Waals surface area contributed by atoms with E-state index in [9.17, 15) is 9.65 Å². The fraction of sp³-hybridized carbons (Fsp3) is 0.316. The Hall–Kier alpha value is -2.54. The lowest BCUT2D eigenvalue weighted by Crippen LogP contribution is -2.06. The standard InChI is InChI=1S/C19H20FNO2/c1-3-14-5-4-6-17(11-14)23-10-9-15(13-21)18-12-16(20)7-8-19(18)22-2/h4-8,11-12,15H,3,9-10H2,1-2H3. The molecule has 23 heavy (non-hydrogen) atoms. The van der Waals surface area contributed by atoms with Gasteiger partial charge in [-0.05, 0) is 42.3 Å². The molecule has 4 heteroatoms. The number of methoxy groups -OCH3 is 1. The highest BCUT2D eigenvalue weighted by Gasteiger charge is 2.17. The third-order valence-electron chi connectivity index (χ3n) is 3.70. The lowest BCUT2D eigenvalue weighted by molar-refractivity contribution is 0.304. The van der Waals surface area contributed by atoms with Crippen LogP contribution in [-0.2, 0) is 6.42 Å². The summed E-state index contributed by atoms with van der Waals surface area (Å²) >= 11 is 0. The Morgan fingerprint density at radius 3 is 2.74 bits per heavy atom. The lowest BCUT2D eigenvalue weighted by Gasteiger charge is -2.14. The summed E-state index contributed by atoms with van der Waals surface area (Å²) in [6.45, 7) is 2.46. The van der Waals surface area contributed by atoms with Gasteiger partial charge in [0.2, 0.25) is 0 Å². The van der Waals surface area contributed by atoms with Gasteiger partial charge in [-0.1, -0.05) is 19.1 Å². The molecule has 0 aliphatic carbocycles. The molecule has 0 heterocycles. The van der Waals surface area contributed by atoms with Gasteiger partial charge in [0.1, 0.15) is 17.3 Å². The zero-order valence-electron chi connectivity index (χ0n) is 13.4. The minimum atomic E-state index is -0.477. The molecule has 2 rings (SSSR count). The summed E-state index contributed by atoms with van der Waals surface area (Å²) in [5, 5.41) is 9.39. The molecule has 1 atom stereocenters. The van der Waals surface area contributed by atoms with E-state index in [1.807, 2.05) is 24.3 Å². The van der Waals surface area contributed by atoms with E-state index in [1.165, 1.54) is 24.8 Å². The van der Waals surface area contributed by atoms with Gasteiger partial charge >= 0.3 is 0 Å². The molecule has 0 radical (unpaired) electrons. The number of aryl methyl sites for hydroxylation is 1. The van der Waals surface area contributed by atoms with Gasteiger partial charge in [-0.2, -0.15) is 5.26 Å². The summed E-state index contributed by atoms with van der Waals surface area (Å²) in [6, 6.07) is 14.3. The van der Waals surface area contributed by atoms with Crippen molar-refractivity contribution < 1.29 is 13.9 Å². The molecule has 0 saturated carbocycles. The van der Waals surface area contributed by atoms with Crippen LogP contribution in [0, 0.1) is 17.1 Å². The molecule has 0 fully saturated rings. The molecule has 0 amide bonds.